The highest BCUT2D eigenvalue weighted by Crippen LogP contribution is 2.31. The van der Waals surface area contributed by atoms with Crippen LogP contribution in [0.3, 0.4) is 0 Å². The van der Waals surface area contributed by atoms with Gasteiger partial charge < -0.3 is 5.32 Å². The van der Waals surface area contributed by atoms with Crippen LogP contribution in [0, 0.1) is 11.8 Å². The molecule has 2 fully saturated rings. The van der Waals surface area contributed by atoms with Crippen LogP contribution < -0.4 is 5.32 Å². The zero-order chi connectivity index (χ0) is 13.2. The lowest BCUT2D eigenvalue weighted by molar-refractivity contribution is 0.248. The van der Waals surface area contributed by atoms with E-state index >= 15 is 0 Å². The quantitative estimate of drug-likeness (QED) is 0.794. The summed E-state index contributed by atoms with van der Waals surface area (Å²) in [6, 6.07) is 0. The van der Waals surface area contributed by atoms with Crippen LogP contribution in [-0.2, 0) is 10.2 Å². The highest BCUT2D eigenvalue weighted by Gasteiger charge is 2.34. The lowest BCUT2D eigenvalue weighted by Crippen LogP contribution is -2.48. The molecule has 1 heterocycles. The lowest BCUT2D eigenvalue weighted by atomic mass is 10.00. The molecule has 1 aliphatic carbocycles. The Labute approximate surface area is 123 Å². The van der Waals surface area contributed by atoms with Gasteiger partial charge in [-0.15, -0.1) is 12.4 Å². The molecule has 0 amide bonds. The van der Waals surface area contributed by atoms with Crippen molar-refractivity contribution in [2.45, 2.75) is 25.7 Å². The number of hydrogen-bond acceptors (Lipinski definition) is 3. The second-order valence-corrected chi connectivity index (χ2v) is 7.69. The van der Waals surface area contributed by atoms with Gasteiger partial charge >= 0.3 is 0 Å². The first-order chi connectivity index (χ1) is 8.54. The molecule has 0 bridgehead atoms. The fraction of sp³-hybridized carbons (Fsp3) is 1.00. The van der Waals surface area contributed by atoms with Crippen LogP contribution in [0.1, 0.15) is 25.7 Å². The molecule has 1 saturated heterocycles. The van der Waals surface area contributed by atoms with Crippen LogP contribution in [0.4, 0.5) is 0 Å². The minimum atomic E-state index is -3.23. The molecule has 0 spiro atoms. The van der Waals surface area contributed by atoms with Gasteiger partial charge in [-0.05, 0) is 51.1 Å². The molecule has 7 heteroatoms. The molecule has 2 aliphatic rings. The van der Waals surface area contributed by atoms with Crippen LogP contribution in [0.25, 0.3) is 0 Å². The fourth-order valence-electron chi connectivity index (χ4n) is 2.65. The second kappa shape index (κ2) is 7.22. The molecule has 1 atom stereocenters. The number of piperidine rings is 1. The highest BCUT2D eigenvalue weighted by atomic mass is 35.5. The summed E-state index contributed by atoms with van der Waals surface area (Å²) in [5.41, 5.74) is 0. The van der Waals surface area contributed by atoms with E-state index in [4.69, 9.17) is 0 Å². The third-order valence-corrected chi connectivity index (χ3v) is 5.83. The van der Waals surface area contributed by atoms with Gasteiger partial charge in [-0.2, -0.15) is 17.0 Å². The van der Waals surface area contributed by atoms with Gasteiger partial charge in [-0.1, -0.05) is 0 Å². The Morgan fingerprint density at radius 3 is 2.53 bits per heavy atom. The van der Waals surface area contributed by atoms with Crippen molar-refractivity contribution in [3.05, 3.63) is 0 Å². The van der Waals surface area contributed by atoms with Crippen molar-refractivity contribution < 1.29 is 8.42 Å². The average molecular weight is 312 g/mol. The molecule has 0 radical (unpaired) electrons. The molecule has 2 rings (SSSR count). The number of hydrogen-bond donors (Lipinski definition) is 1. The molecule has 0 aromatic heterocycles. The molecule has 114 valence electrons. The third-order valence-electron chi connectivity index (χ3n) is 3.91. The first-order valence-corrected chi connectivity index (χ1v) is 8.29. The van der Waals surface area contributed by atoms with Crippen molar-refractivity contribution in [1.29, 1.82) is 0 Å². The molecule has 1 aliphatic heterocycles. The number of nitrogens with zero attached hydrogens (tertiary/aromatic N) is 2. The van der Waals surface area contributed by atoms with E-state index in [9.17, 15) is 8.42 Å². The number of rotatable bonds is 6. The minimum absolute atomic E-state index is 0. The van der Waals surface area contributed by atoms with Gasteiger partial charge in [0, 0.05) is 26.7 Å². The van der Waals surface area contributed by atoms with Crippen molar-refractivity contribution >= 4 is 22.6 Å². The maximum absolute atomic E-state index is 12.4. The second-order valence-electron chi connectivity index (χ2n) is 5.66. The Morgan fingerprint density at radius 2 is 1.95 bits per heavy atom. The summed E-state index contributed by atoms with van der Waals surface area (Å²) in [7, 11) is 0.411. The average Bonchev–Trinajstić information content (AvgIpc) is 3.14. The monoisotopic (exact) mass is 311 g/mol. The largest absolute Gasteiger partial charge is 0.319 e. The van der Waals surface area contributed by atoms with Crippen LogP contribution in [0.2, 0.25) is 0 Å². The Bertz CT molecular complexity index is 371. The Hall–Kier alpha value is 0.120. The summed E-state index contributed by atoms with van der Waals surface area (Å²) in [4.78, 5) is 0. The predicted octanol–water partition coefficient (Wildman–Crippen LogP) is 0.926. The molecule has 0 aromatic rings. The first kappa shape index (κ1) is 17.2. The van der Waals surface area contributed by atoms with Gasteiger partial charge in [-0.3, -0.25) is 0 Å². The molecule has 1 unspecified atom stereocenters. The van der Waals surface area contributed by atoms with E-state index in [1.54, 1.807) is 15.7 Å². The highest BCUT2D eigenvalue weighted by molar-refractivity contribution is 7.86. The molecule has 0 aromatic carbocycles. The van der Waals surface area contributed by atoms with Crippen LogP contribution in [0.15, 0.2) is 0 Å². The van der Waals surface area contributed by atoms with Gasteiger partial charge in [0.25, 0.3) is 10.2 Å². The molecule has 5 nitrogen and oxygen atoms in total. The van der Waals surface area contributed by atoms with E-state index < -0.39 is 10.2 Å². The normalized spacial score (nSPS) is 25.3. The Balaban J connectivity index is 0.00000180. The standard InChI is InChI=1S/C12H25N3O2S.ClH/c1-13-8-12-4-3-7-15(10-12)18(16,17)14(2)9-11-5-6-11;/h11-13H,3-10H2,1-2H3;1H. The maximum Gasteiger partial charge on any atom is 0.281 e. The third kappa shape index (κ3) is 4.56. The summed E-state index contributed by atoms with van der Waals surface area (Å²) in [5, 5.41) is 3.15. The molecular weight excluding hydrogens is 286 g/mol. The van der Waals surface area contributed by atoms with Crippen molar-refractivity contribution in [2.24, 2.45) is 11.8 Å². The fourth-order valence-corrected chi connectivity index (χ4v) is 4.20. The Kier molecular flexibility index (Phi) is 6.53. The van der Waals surface area contributed by atoms with Crippen molar-refractivity contribution in [3.63, 3.8) is 0 Å². The molecule has 19 heavy (non-hydrogen) atoms. The Morgan fingerprint density at radius 1 is 1.26 bits per heavy atom. The van der Waals surface area contributed by atoms with E-state index in [0.717, 1.165) is 19.4 Å². The van der Waals surface area contributed by atoms with Crippen LogP contribution in [0.5, 0.6) is 0 Å². The number of halogens is 1. The van der Waals surface area contributed by atoms with E-state index in [-0.39, 0.29) is 12.4 Å². The summed E-state index contributed by atoms with van der Waals surface area (Å²) in [6.45, 7) is 2.93. The van der Waals surface area contributed by atoms with Gasteiger partial charge in [0.1, 0.15) is 0 Å². The van der Waals surface area contributed by atoms with Crippen molar-refractivity contribution in [3.8, 4) is 0 Å². The summed E-state index contributed by atoms with van der Waals surface area (Å²) in [6.07, 6.45) is 4.46. The van der Waals surface area contributed by atoms with E-state index in [0.29, 0.717) is 31.5 Å². The summed E-state index contributed by atoms with van der Waals surface area (Å²) >= 11 is 0. The smallest absolute Gasteiger partial charge is 0.281 e. The number of nitrogens with one attached hydrogen (secondary N) is 1. The van der Waals surface area contributed by atoms with Crippen molar-refractivity contribution in [1.82, 2.24) is 13.9 Å². The van der Waals surface area contributed by atoms with Crippen molar-refractivity contribution in [2.75, 3.05) is 40.3 Å². The molecule has 1 N–H and O–H groups in total. The predicted molar refractivity (Wildman–Crippen MR) is 79.7 cm³/mol. The molecular formula is C12H26ClN3O2S. The first-order valence-electron chi connectivity index (χ1n) is 6.90. The zero-order valence-electron chi connectivity index (χ0n) is 11.8. The summed E-state index contributed by atoms with van der Waals surface area (Å²) in [5.74, 6) is 1.05. The van der Waals surface area contributed by atoms with Gasteiger partial charge in [0.15, 0.2) is 0 Å². The van der Waals surface area contributed by atoms with E-state index in [1.807, 2.05) is 7.05 Å². The topological polar surface area (TPSA) is 52.7 Å². The summed E-state index contributed by atoms with van der Waals surface area (Å²) < 4.78 is 28.1. The van der Waals surface area contributed by atoms with Gasteiger partial charge in [0.05, 0.1) is 0 Å². The van der Waals surface area contributed by atoms with E-state index in [2.05, 4.69) is 5.32 Å². The van der Waals surface area contributed by atoms with E-state index in [1.165, 1.54) is 12.8 Å². The minimum Gasteiger partial charge on any atom is -0.319 e. The van der Waals surface area contributed by atoms with Crippen LogP contribution in [-0.4, -0.2) is 57.3 Å². The zero-order valence-corrected chi connectivity index (χ0v) is 13.5. The lowest BCUT2D eigenvalue weighted by Gasteiger charge is -2.34. The SMILES string of the molecule is CNCC1CCCN(S(=O)(=O)N(C)CC2CC2)C1.Cl. The maximum atomic E-state index is 12.4. The molecule has 1 saturated carbocycles. The van der Waals surface area contributed by atoms with Gasteiger partial charge in [-0.25, -0.2) is 0 Å². The van der Waals surface area contributed by atoms with Crippen LogP contribution >= 0.6 is 12.4 Å². The van der Waals surface area contributed by atoms with Gasteiger partial charge in [0.2, 0.25) is 0 Å².